The Labute approximate surface area is 103 Å². The SMILES string of the molecule is Oc1ccccc1C1(O)Nc2ccccc2S1. The highest BCUT2D eigenvalue weighted by Crippen LogP contribution is 2.50. The number of nitrogens with one attached hydrogen (secondary N) is 1. The van der Waals surface area contributed by atoms with E-state index in [-0.39, 0.29) is 5.75 Å². The number of hydrogen-bond donors (Lipinski definition) is 3. The van der Waals surface area contributed by atoms with Crippen LogP contribution in [-0.2, 0) is 5.06 Å². The van der Waals surface area contributed by atoms with Gasteiger partial charge in [-0.25, -0.2) is 0 Å². The van der Waals surface area contributed by atoms with Crippen LogP contribution in [-0.4, -0.2) is 10.2 Å². The summed E-state index contributed by atoms with van der Waals surface area (Å²) in [5, 5.41) is 22.1. The number of aromatic hydroxyl groups is 1. The Morgan fingerprint density at radius 3 is 2.47 bits per heavy atom. The maximum Gasteiger partial charge on any atom is 0.220 e. The Balaban J connectivity index is 2.05. The van der Waals surface area contributed by atoms with Crippen LogP contribution in [0.25, 0.3) is 0 Å². The molecule has 0 saturated carbocycles. The Morgan fingerprint density at radius 1 is 1.00 bits per heavy atom. The molecule has 3 rings (SSSR count). The van der Waals surface area contributed by atoms with Crippen LogP contribution in [0.1, 0.15) is 5.56 Å². The second-order valence-corrected chi connectivity index (χ2v) is 5.12. The largest absolute Gasteiger partial charge is 0.507 e. The van der Waals surface area contributed by atoms with Crippen molar-refractivity contribution in [2.45, 2.75) is 9.95 Å². The minimum absolute atomic E-state index is 0.0859. The van der Waals surface area contributed by atoms with Gasteiger partial charge in [-0.2, -0.15) is 0 Å². The summed E-state index contributed by atoms with van der Waals surface area (Å²) in [6.07, 6.45) is 0. The molecule has 0 radical (unpaired) electrons. The molecule has 1 unspecified atom stereocenters. The molecule has 1 atom stereocenters. The quantitative estimate of drug-likeness (QED) is 0.723. The average Bonchev–Trinajstić information content (AvgIpc) is 2.66. The van der Waals surface area contributed by atoms with Gasteiger partial charge in [0.05, 0.1) is 11.3 Å². The molecule has 3 nitrogen and oxygen atoms in total. The maximum absolute atomic E-state index is 10.6. The number of hydrogen-bond acceptors (Lipinski definition) is 4. The van der Waals surface area contributed by atoms with Gasteiger partial charge in [0.2, 0.25) is 5.06 Å². The van der Waals surface area contributed by atoms with Crippen LogP contribution in [0.5, 0.6) is 5.75 Å². The van der Waals surface area contributed by atoms with Crippen molar-refractivity contribution in [2.75, 3.05) is 5.32 Å². The van der Waals surface area contributed by atoms with E-state index >= 15 is 0 Å². The van der Waals surface area contributed by atoms with E-state index < -0.39 is 5.06 Å². The average molecular weight is 245 g/mol. The van der Waals surface area contributed by atoms with Gasteiger partial charge in [0, 0.05) is 4.90 Å². The van der Waals surface area contributed by atoms with E-state index in [0.29, 0.717) is 5.56 Å². The maximum atomic E-state index is 10.6. The fourth-order valence-electron chi connectivity index (χ4n) is 1.91. The molecule has 0 fully saturated rings. The molecule has 0 bridgehead atoms. The second kappa shape index (κ2) is 3.68. The standard InChI is InChI=1S/C13H11NO2S/c15-11-7-3-1-5-9(11)13(16)14-10-6-2-4-8-12(10)17-13/h1-8,14-16H. The predicted octanol–water partition coefficient (Wildman–Crippen LogP) is 2.71. The summed E-state index contributed by atoms with van der Waals surface area (Å²) in [4.78, 5) is 0.971. The summed E-state index contributed by atoms with van der Waals surface area (Å²) in [6, 6.07) is 14.5. The molecule has 3 N–H and O–H groups in total. The van der Waals surface area contributed by atoms with Crippen molar-refractivity contribution in [3.05, 3.63) is 54.1 Å². The molecule has 2 aromatic carbocycles. The van der Waals surface area contributed by atoms with Crippen molar-refractivity contribution >= 4 is 17.4 Å². The minimum atomic E-state index is -1.30. The molecule has 17 heavy (non-hydrogen) atoms. The van der Waals surface area contributed by atoms with Crippen LogP contribution in [0.15, 0.2) is 53.4 Å². The summed E-state index contributed by atoms with van der Waals surface area (Å²) in [5.41, 5.74) is 1.35. The predicted molar refractivity (Wildman–Crippen MR) is 67.9 cm³/mol. The molecule has 4 heteroatoms. The first-order valence-corrected chi connectivity index (χ1v) is 6.08. The van der Waals surface area contributed by atoms with Crippen LogP contribution >= 0.6 is 11.8 Å². The number of aliphatic hydroxyl groups is 1. The summed E-state index contributed by atoms with van der Waals surface area (Å²) in [5.74, 6) is 0.0859. The van der Waals surface area contributed by atoms with E-state index in [9.17, 15) is 10.2 Å². The van der Waals surface area contributed by atoms with Gasteiger partial charge in [0.15, 0.2) is 0 Å². The molecule has 0 amide bonds. The summed E-state index contributed by atoms with van der Waals surface area (Å²) >= 11 is 1.29. The number of rotatable bonds is 1. The lowest BCUT2D eigenvalue weighted by Gasteiger charge is -2.23. The van der Waals surface area contributed by atoms with Gasteiger partial charge in [-0.1, -0.05) is 36.0 Å². The molecule has 0 aliphatic carbocycles. The molecule has 0 aromatic heterocycles. The van der Waals surface area contributed by atoms with Crippen LogP contribution in [0.3, 0.4) is 0 Å². The normalized spacial score (nSPS) is 21.9. The summed E-state index contributed by atoms with van der Waals surface area (Å²) in [7, 11) is 0. The van der Waals surface area contributed by atoms with Gasteiger partial charge in [-0.05, 0) is 24.3 Å². The molecular formula is C13H11NO2S. The third-order valence-electron chi connectivity index (χ3n) is 2.72. The first kappa shape index (κ1) is 10.5. The van der Waals surface area contributed by atoms with Crippen molar-refractivity contribution in [1.29, 1.82) is 0 Å². The fraction of sp³-hybridized carbons (Fsp3) is 0.0769. The molecule has 86 valence electrons. The van der Waals surface area contributed by atoms with Crippen LogP contribution in [0.4, 0.5) is 5.69 Å². The van der Waals surface area contributed by atoms with Gasteiger partial charge in [-0.3, -0.25) is 0 Å². The molecule has 1 aliphatic heterocycles. The van der Waals surface area contributed by atoms with Gasteiger partial charge in [0.1, 0.15) is 5.75 Å². The highest BCUT2D eigenvalue weighted by Gasteiger charge is 2.39. The van der Waals surface area contributed by atoms with Gasteiger partial charge in [-0.15, -0.1) is 0 Å². The summed E-state index contributed by atoms with van der Waals surface area (Å²) in [6.45, 7) is 0. The van der Waals surface area contributed by atoms with E-state index in [2.05, 4.69) is 5.32 Å². The Morgan fingerprint density at radius 2 is 1.71 bits per heavy atom. The van der Waals surface area contributed by atoms with Crippen molar-refractivity contribution in [1.82, 2.24) is 0 Å². The molecular weight excluding hydrogens is 234 g/mol. The lowest BCUT2D eigenvalue weighted by atomic mass is 10.1. The Kier molecular flexibility index (Phi) is 2.28. The van der Waals surface area contributed by atoms with Gasteiger partial charge in [0.25, 0.3) is 0 Å². The molecule has 2 aromatic rings. The van der Waals surface area contributed by atoms with Crippen LogP contribution in [0, 0.1) is 0 Å². The van der Waals surface area contributed by atoms with E-state index in [1.165, 1.54) is 11.8 Å². The molecule has 0 spiro atoms. The van der Waals surface area contributed by atoms with Gasteiger partial charge < -0.3 is 15.5 Å². The number of anilines is 1. The van der Waals surface area contributed by atoms with Crippen LogP contribution in [0.2, 0.25) is 0 Å². The monoisotopic (exact) mass is 245 g/mol. The summed E-state index contributed by atoms with van der Waals surface area (Å²) < 4.78 is 0. The van der Waals surface area contributed by atoms with Crippen molar-refractivity contribution < 1.29 is 10.2 Å². The van der Waals surface area contributed by atoms with E-state index in [1.54, 1.807) is 24.3 Å². The Bertz CT molecular complexity index is 546. The number of para-hydroxylation sites is 2. The second-order valence-electron chi connectivity index (χ2n) is 3.88. The number of phenols is 1. The van der Waals surface area contributed by atoms with E-state index in [1.807, 2.05) is 24.3 Å². The fourth-order valence-corrected chi connectivity index (χ4v) is 3.05. The first-order chi connectivity index (χ1) is 8.19. The zero-order valence-electron chi connectivity index (χ0n) is 8.92. The molecule has 1 aliphatic rings. The van der Waals surface area contributed by atoms with Gasteiger partial charge >= 0.3 is 0 Å². The lowest BCUT2D eigenvalue weighted by molar-refractivity contribution is 0.168. The van der Waals surface area contributed by atoms with E-state index in [4.69, 9.17) is 0 Å². The van der Waals surface area contributed by atoms with Crippen LogP contribution < -0.4 is 5.32 Å². The third kappa shape index (κ3) is 1.66. The zero-order valence-corrected chi connectivity index (χ0v) is 9.74. The number of benzene rings is 2. The molecule has 1 heterocycles. The van der Waals surface area contributed by atoms with Crippen molar-refractivity contribution in [3.8, 4) is 5.75 Å². The van der Waals surface area contributed by atoms with Crippen molar-refractivity contribution in [3.63, 3.8) is 0 Å². The smallest absolute Gasteiger partial charge is 0.220 e. The van der Waals surface area contributed by atoms with Crippen molar-refractivity contribution in [2.24, 2.45) is 0 Å². The Hall–Kier alpha value is -1.65. The third-order valence-corrected chi connectivity index (χ3v) is 3.91. The lowest BCUT2D eigenvalue weighted by Crippen LogP contribution is -2.27. The topological polar surface area (TPSA) is 52.5 Å². The first-order valence-electron chi connectivity index (χ1n) is 5.26. The number of thioether (sulfide) groups is 1. The van der Waals surface area contributed by atoms with E-state index in [0.717, 1.165) is 10.6 Å². The number of fused-ring (bicyclic) bond motifs is 1. The highest BCUT2D eigenvalue weighted by atomic mass is 32.2. The highest BCUT2D eigenvalue weighted by molar-refractivity contribution is 8.00. The zero-order chi connectivity index (χ0) is 11.9. The minimum Gasteiger partial charge on any atom is -0.507 e. The molecule has 0 saturated heterocycles. The number of phenolic OH excluding ortho intramolecular Hbond substituents is 1.